The van der Waals surface area contributed by atoms with Crippen LogP contribution in [0.2, 0.25) is 5.02 Å². The van der Waals surface area contributed by atoms with Crippen LogP contribution in [0, 0.1) is 17.1 Å². The molecule has 7 nitrogen and oxygen atoms in total. The van der Waals surface area contributed by atoms with E-state index in [2.05, 4.69) is 25.4 Å². The first-order valence-electron chi connectivity index (χ1n) is 8.16. The molecule has 150 valence electrons. The number of rotatable bonds is 3. The molecule has 0 saturated heterocycles. The first-order valence-corrected chi connectivity index (χ1v) is 8.53. The van der Waals surface area contributed by atoms with Crippen LogP contribution >= 0.6 is 11.6 Å². The largest absolute Gasteiger partial charge is 0.433 e. The Bertz CT molecular complexity index is 1290. The van der Waals surface area contributed by atoms with Crippen LogP contribution < -0.4 is 5.32 Å². The Balaban J connectivity index is 1.76. The number of nitrogens with zero attached hydrogens (tertiary/aromatic N) is 6. The molecule has 0 spiro atoms. The van der Waals surface area contributed by atoms with E-state index in [0.717, 1.165) is 18.5 Å². The second kappa shape index (κ2) is 7.23. The highest BCUT2D eigenvalue weighted by atomic mass is 35.5. The molecule has 4 aromatic rings. The van der Waals surface area contributed by atoms with Crippen molar-refractivity contribution in [2.75, 3.05) is 5.32 Å². The number of hydrogen-bond donors (Lipinski definition) is 1. The highest BCUT2D eigenvalue weighted by molar-refractivity contribution is 6.32. The zero-order valence-corrected chi connectivity index (χ0v) is 15.4. The van der Waals surface area contributed by atoms with Crippen molar-refractivity contribution in [2.45, 2.75) is 6.18 Å². The number of hydrogen-bond acceptors (Lipinski definition) is 6. The molecule has 3 aromatic heterocycles. The standard InChI is InChI=1S/C18H8ClF4N7/c19-11-1-9(5-24)2-12(20)17(11)30-13-3-15(25-6-10(13)7-28-30)29-16-4-14(18(21,22)23)26-8-27-16/h1-4,6-8H,(H,25,26,27,29). The van der Waals surface area contributed by atoms with Gasteiger partial charge in [-0.15, -0.1) is 0 Å². The van der Waals surface area contributed by atoms with E-state index >= 15 is 0 Å². The second-order valence-electron chi connectivity index (χ2n) is 6.00. The van der Waals surface area contributed by atoms with Gasteiger partial charge in [-0.25, -0.2) is 24.0 Å². The minimum absolute atomic E-state index is 0.0338. The van der Waals surface area contributed by atoms with E-state index in [1.54, 1.807) is 6.07 Å². The van der Waals surface area contributed by atoms with Crippen LogP contribution in [0.15, 0.2) is 43.0 Å². The number of fused-ring (bicyclic) bond motifs is 1. The summed E-state index contributed by atoms with van der Waals surface area (Å²) in [4.78, 5) is 11.0. The van der Waals surface area contributed by atoms with Gasteiger partial charge in [0.15, 0.2) is 5.82 Å². The van der Waals surface area contributed by atoms with Crippen molar-refractivity contribution in [3.8, 4) is 11.8 Å². The Morgan fingerprint density at radius 1 is 1.03 bits per heavy atom. The summed E-state index contributed by atoms with van der Waals surface area (Å²) in [5.41, 5.74) is -0.768. The number of aromatic nitrogens is 5. The molecule has 0 amide bonds. The van der Waals surface area contributed by atoms with Crippen LogP contribution in [0.3, 0.4) is 0 Å². The lowest BCUT2D eigenvalue weighted by molar-refractivity contribution is -0.141. The zero-order valence-electron chi connectivity index (χ0n) is 14.6. The van der Waals surface area contributed by atoms with E-state index in [1.165, 1.54) is 29.2 Å². The fourth-order valence-corrected chi connectivity index (χ4v) is 3.00. The van der Waals surface area contributed by atoms with Crippen LogP contribution in [0.25, 0.3) is 16.6 Å². The van der Waals surface area contributed by atoms with Gasteiger partial charge in [-0.05, 0) is 12.1 Å². The van der Waals surface area contributed by atoms with Gasteiger partial charge in [0.1, 0.15) is 29.3 Å². The van der Waals surface area contributed by atoms with Crippen molar-refractivity contribution in [3.05, 3.63) is 65.1 Å². The van der Waals surface area contributed by atoms with Crippen LogP contribution in [0.1, 0.15) is 11.3 Å². The summed E-state index contributed by atoms with van der Waals surface area (Å²) in [6, 6.07) is 6.31. The van der Waals surface area contributed by atoms with E-state index in [-0.39, 0.29) is 27.9 Å². The van der Waals surface area contributed by atoms with E-state index in [4.69, 9.17) is 16.9 Å². The Morgan fingerprint density at radius 3 is 2.50 bits per heavy atom. The lowest BCUT2D eigenvalue weighted by Crippen LogP contribution is -2.09. The molecule has 0 saturated carbocycles. The minimum Gasteiger partial charge on any atom is -0.325 e. The predicted octanol–water partition coefficient (Wildman–Crippen LogP) is 4.64. The minimum atomic E-state index is -4.63. The van der Waals surface area contributed by atoms with Gasteiger partial charge < -0.3 is 5.32 Å². The molecule has 0 bridgehead atoms. The first kappa shape index (κ1) is 19.5. The monoisotopic (exact) mass is 433 g/mol. The Hall–Kier alpha value is -3.78. The van der Waals surface area contributed by atoms with Crippen LogP contribution in [-0.2, 0) is 6.18 Å². The molecule has 12 heteroatoms. The van der Waals surface area contributed by atoms with Gasteiger partial charge in [0, 0.05) is 23.7 Å². The molecule has 0 atom stereocenters. The number of anilines is 2. The molecule has 3 heterocycles. The summed E-state index contributed by atoms with van der Waals surface area (Å²) >= 11 is 6.13. The van der Waals surface area contributed by atoms with Crippen LogP contribution in [0.5, 0.6) is 0 Å². The summed E-state index contributed by atoms with van der Waals surface area (Å²) in [6.45, 7) is 0. The van der Waals surface area contributed by atoms with Gasteiger partial charge in [-0.2, -0.15) is 23.5 Å². The fraction of sp³-hybridized carbons (Fsp3) is 0.0556. The SMILES string of the molecule is N#Cc1cc(F)c(-n2ncc3cnc(Nc4cc(C(F)(F)F)ncn4)cc32)c(Cl)c1. The highest BCUT2D eigenvalue weighted by Crippen LogP contribution is 2.30. The smallest absolute Gasteiger partial charge is 0.325 e. The molecular formula is C18H8ClF4N7. The summed E-state index contributed by atoms with van der Waals surface area (Å²) in [7, 11) is 0. The van der Waals surface area contributed by atoms with Crippen molar-refractivity contribution >= 4 is 34.1 Å². The quantitative estimate of drug-likeness (QED) is 0.473. The van der Waals surface area contributed by atoms with Gasteiger partial charge in [-0.3, -0.25) is 0 Å². The normalized spacial score (nSPS) is 11.5. The third-order valence-corrected chi connectivity index (χ3v) is 4.31. The van der Waals surface area contributed by atoms with Crippen LogP contribution in [0.4, 0.5) is 29.2 Å². The number of pyridine rings is 1. The molecule has 4 rings (SSSR count). The third kappa shape index (κ3) is 3.60. The lowest BCUT2D eigenvalue weighted by Gasteiger charge is -2.10. The highest BCUT2D eigenvalue weighted by Gasteiger charge is 2.32. The van der Waals surface area contributed by atoms with Crippen molar-refractivity contribution in [1.29, 1.82) is 5.26 Å². The molecule has 0 aliphatic carbocycles. The van der Waals surface area contributed by atoms with Crippen molar-refractivity contribution in [2.24, 2.45) is 0 Å². The lowest BCUT2D eigenvalue weighted by atomic mass is 10.2. The maximum absolute atomic E-state index is 14.5. The van der Waals surface area contributed by atoms with E-state index in [1.807, 2.05) is 0 Å². The third-order valence-electron chi connectivity index (χ3n) is 4.02. The van der Waals surface area contributed by atoms with Gasteiger partial charge in [0.2, 0.25) is 0 Å². The summed E-state index contributed by atoms with van der Waals surface area (Å²) in [5, 5.41) is 16.2. The molecule has 0 aliphatic heterocycles. The Morgan fingerprint density at radius 2 is 1.80 bits per heavy atom. The number of alkyl halides is 3. The van der Waals surface area contributed by atoms with Crippen molar-refractivity contribution in [3.63, 3.8) is 0 Å². The van der Waals surface area contributed by atoms with Gasteiger partial charge in [0.05, 0.1) is 28.4 Å². The molecule has 0 fully saturated rings. The van der Waals surface area contributed by atoms with Crippen LogP contribution in [-0.4, -0.2) is 24.7 Å². The molecule has 30 heavy (non-hydrogen) atoms. The maximum atomic E-state index is 14.5. The number of nitrogens with one attached hydrogen (secondary N) is 1. The first-order chi connectivity index (χ1) is 14.3. The second-order valence-corrected chi connectivity index (χ2v) is 6.40. The molecule has 0 unspecified atom stereocenters. The van der Waals surface area contributed by atoms with Gasteiger partial charge in [0.25, 0.3) is 0 Å². The fourth-order valence-electron chi connectivity index (χ4n) is 2.71. The number of nitriles is 1. The number of benzene rings is 1. The van der Waals surface area contributed by atoms with E-state index < -0.39 is 17.7 Å². The molecule has 0 aliphatic rings. The molecule has 0 radical (unpaired) electrons. The van der Waals surface area contributed by atoms with Crippen molar-refractivity contribution in [1.82, 2.24) is 24.7 Å². The number of halogens is 5. The van der Waals surface area contributed by atoms with Gasteiger partial charge >= 0.3 is 6.18 Å². The Kier molecular flexibility index (Phi) is 4.71. The maximum Gasteiger partial charge on any atom is 0.433 e. The topological polar surface area (TPSA) is 92.3 Å². The summed E-state index contributed by atoms with van der Waals surface area (Å²) in [6.07, 6.45) is -1.02. The summed E-state index contributed by atoms with van der Waals surface area (Å²) in [5.74, 6) is -0.750. The molecule has 1 aromatic carbocycles. The van der Waals surface area contributed by atoms with Crippen molar-refractivity contribution < 1.29 is 17.6 Å². The Labute approximate surface area is 170 Å². The zero-order chi connectivity index (χ0) is 21.5. The van der Waals surface area contributed by atoms with Gasteiger partial charge in [-0.1, -0.05) is 11.6 Å². The predicted molar refractivity (Wildman–Crippen MR) is 98.9 cm³/mol. The van der Waals surface area contributed by atoms with E-state index in [9.17, 15) is 17.6 Å². The average molecular weight is 434 g/mol. The van der Waals surface area contributed by atoms with E-state index in [0.29, 0.717) is 10.9 Å². The molecule has 1 N–H and O–H groups in total. The average Bonchev–Trinajstić information content (AvgIpc) is 3.10. The molecular weight excluding hydrogens is 426 g/mol. The summed E-state index contributed by atoms with van der Waals surface area (Å²) < 4.78 is 54.2.